The fourth-order valence-electron chi connectivity index (χ4n) is 1.87. The topological polar surface area (TPSA) is 72.0 Å². The third kappa shape index (κ3) is 1.57. The van der Waals surface area contributed by atoms with Gasteiger partial charge in [0.25, 0.3) is 0 Å². The quantitative estimate of drug-likeness (QED) is 0.726. The van der Waals surface area contributed by atoms with Crippen LogP contribution in [0.2, 0.25) is 0 Å². The molecule has 0 radical (unpaired) electrons. The number of hydrogen-bond acceptors (Lipinski definition) is 4. The number of aromatic nitrogens is 4. The van der Waals surface area contributed by atoms with Crippen molar-refractivity contribution < 1.29 is 0 Å². The lowest BCUT2D eigenvalue weighted by Crippen LogP contribution is -1.96. The zero-order chi connectivity index (χ0) is 12.0. The molecule has 0 aromatic carbocycles. The Balaban J connectivity index is 2.16. The Morgan fingerprint density at radius 2 is 2.24 bits per heavy atom. The van der Waals surface area contributed by atoms with Gasteiger partial charge < -0.3 is 10.7 Å². The molecule has 0 saturated heterocycles. The standard InChI is InChI=1S/C11H13N5S/c1-6-4-16-7(2)9(15-11(16)13-6)10-14-8(3-12)5-17-10/h4-5H,3,12H2,1-2H3,(H,13,15). The van der Waals surface area contributed by atoms with Crippen LogP contribution in [0.15, 0.2) is 11.6 Å². The van der Waals surface area contributed by atoms with Crippen LogP contribution in [-0.4, -0.2) is 19.4 Å². The van der Waals surface area contributed by atoms with Gasteiger partial charge in [-0.1, -0.05) is 0 Å². The molecule has 17 heavy (non-hydrogen) atoms. The van der Waals surface area contributed by atoms with E-state index in [4.69, 9.17) is 5.73 Å². The Morgan fingerprint density at radius 1 is 1.41 bits per heavy atom. The first kappa shape index (κ1) is 10.5. The monoisotopic (exact) mass is 247 g/mol. The molecule has 5 nitrogen and oxygen atoms in total. The first-order valence-electron chi connectivity index (χ1n) is 5.38. The molecule has 0 aliphatic carbocycles. The zero-order valence-electron chi connectivity index (χ0n) is 9.69. The van der Waals surface area contributed by atoms with Crippen LogP contribution in [0.4, 0.5) is 0 Å². The van der Waals surface area contributed by atoms with Crippen molar-refractivity contribution in [3.8, 4) is 10.7 Å². The Labute approximate surface area is 102 Å². The Bertz CT molecular complexity index is 675. The molecule has 6 heteroatoms. The van der Waals surface area contributed by atoms with E-state index in [1.54, 1.807) is 11.3 Å². The van der Waals surface area contributed by atoms with Crippen molar-refractivity contribution in [1.29, 1.82) is 0 Å². The predicted octanol–water partition coefficient (Wildman–Crippen LogP) is 1.86. The SMILES string of the molecule is Cc1cn2c(C)c(-c3nc(CN)cs3)nc2[nH]1. The van der Waals surface area contributed by atoms with Gasteiger partial charge in [-0.05, 0) is 13.8 Å². The maximum absolute atomic E-state index is 5.57. The molecule has 0 unspecified atom stereocenters. The molecule has 0 saturated carbocycles. The van der Waals surface area contributed by atoms with Gasteiger partial charge in [0.1, 0.15) is 10.7 Å². The van der Waals surface area contributed by atoms with Crippen molar-refractivity contribution in [2.45, 2.75) is 20.4 Å². The number of nitrogens with zero attached hydrogens (tertiary/aromatic N) is 3. The first-order valence-corrected chi connectivity index (χ1v) is 6.26. The summed E-state index contributed by atoms with van der Waals surface area (Å²) in [7, 11) is 0. The van der Waals surface area contributed by atoms with Crippen LogP contribution in [0.25, 0.3) is 16.5 Å². The lowest BCUT2D eigenvalue weighted by atomic mass is 10.3. The first-order chi connectivity index (χ1) is 8.19. The molecule has 88 valence electrons. The normalized spacial score (nSPS) is 11.5. The fourth-order valence-corrected chi connectivity index (χ4v) is 2.75. The highest BCUT2D eigenvalue weighted by Crippen LogP contribution is 2.26. The summed E-state index contributed by atoms with van der Waals surface area (Å²) in [4.78, 5) is 12.2. The molecule has 0 atom stereocenters. The molecule has 0 amide bonds. The van der Waals surface area contributed by atoms with E-state index in [1.165, 1.54) is 0 Å². The number of hydrogen-bond donors (Lipinski definition) is 2. The van der Waals surface area contributed by atoms with Crippen molar-refractivity contribution >= 4 is 17.1 Å². The van der Waals surface area contributed by atoms with E-state index in [0.717, 1.165) is 33.6 Å². The molecular formula is C11H13N5S. The number of fused-ring (bicyclic) bond motifs is 1. The molecule has 0 bridgehead atoms. The van der Waals surface area contributed by atoms with Gasteiger partial charge in [0.2, 0.25) is 5.78 Å². The van der Waals surface area contributed by atoms with Gasteiger partial charge in [-0.3, -0.25) is 4.40 Å². The summed E-state index contributed by atoms with van der Waals surface area (Å²) in [6.45, 7) is 4.54. The van der Waals surface area contributed by atoms with E-state index in [9.17, 15) is 0 Å². The lowest BCUT2D eigenvalue weighted by molar-refractivity contribution is 1.01. The summed E-state index contributed by atoms with van der Waals surface area (Å²) in [6, 6.07) is 0. The van der Waals surface area contributed by atoms with Gasteiger partial charge >= 0.3 is 0 Å². The largest absolute Gasteiger partial charge is 0.328 e. The minimum atomic E-state index is 0.473. The number of aromatic amines is 1. The molecule has 0 spiro atoms. The van der Waals surface area contributed by atoms with Crippen molar-refractivity contribution in [3.63, 3.8) is 0 Å². The van der Waals surface area contributed by atoms with E-state index in [2.05, 4.69) is 15.0 Å². The highest BCUT2D eigenvalue weighted by atomic mass is 32.1. The average Bonchev–Trinajstić information content (AvgIpc) is 2.95. The van der Waals surface area contributed by atoms with Crippen LogP contribution in [0.3, 0.4) is 0 Å². The van der Waals surface area contributed by atoms with Crippen molar-refractivity contribution in [1.82, 2.24) is 19.4 Å². The average molecular weight is 247 g/mol. The third-order valence-electron chi connectivity index (χ3n) is 2.75. The molecule has 3 aromatic rings. The predicted molar refractivity (Wildman–Crippen MR) is 68.0 cm³/mol. The summed E-state index contributed by atoms with van der Waals surface area (Å²) < 4.78 is 2.05. The minimum absolute atomic E-state index is 0.473. The number of imidazole rings is 2. The molecule has 0 aliphatic heterocycles. The Morgan fingerprint density at radius 3 is 2.88 bits per heavy atom. The number of H-pyrrole nitrogens is 1. The van der Waals surface area contributed by atoms with Crippen LogP contribution < -0.4 is 5.73 Å². The maximum atomic E-state index is 5.57. The van der Waals surface area contributed by atoms with Crippen LogP contribution >= 0.6 is 11.3 Å². The van der Waals surface area contributed by atoms with Gasteiger partial charge in [-0.2, -0.15) is 0 Å². The highest BCUT2D eigenvalue weighted by Gasteiger charge is 2.14. The zero-order valence-corrected chi connectivity index (χ0v) is 10.5. The van der Waals surface area contributed by atoms with Crippen LogP contribution in [-0.2, 0) is 6.54 Å². The van der Waals surface area contributed by atoms with Crippen molar-refractivity contribution in [3.05, 3.63) is 28.7 Å². The molecule has 3 aromatic heterocycles. The summed E-state index contributed by atoms with van der Waals surface area (Å²) in [5, 5.41) is 2.91. The number of nitrogens with one attached hydrogen (secondary N) is 1. The maximum Gasteiger partial charge on any atom is 0.212 e. The molecule has 0 aliphatic rings. The van der Waals surface area contributed by atoms with Crippen LogP contribution in [0.1, 0.15) is 17.1 Å². The molecule has 3 N–H and O–H groups in total. The summed E-state index contributed by atoms with van der Waals surface area (Å²) in [6.07, 6.45) is 2.04. The van der Waals surface area contributed by atoms with Gasteiger partial charge in [0, 0.05) is 23.8 Å². The number of nitrogens with two attached hydrogens (primary N) is 1. The molecule has 0 fully saturated rings. The van der Waals surface area contributed by atoms with Crippen LogP contribution in [0.5, 0.6) is 0 Å². The smallest absolute Gasteiger partial charge is 0.212 e. The highest BCUT2D eigenvalue weighted by molar-refractivity contribution is 7.13. The van der Waals surface area contributed by atoms with Gasteiger partial charge in [0.15, 0.2) is 0 Å². The van der Waals surface area contributed by atoms with E-state index in [1.807, 2.05) is 29.8 Å². The summed E-state index contributed by atoms with van der Waals surface area (Å²) >= 11 is 1.58. The second kappa shape index (κ2) is 3.68. The molecular weight excluding hydrogens is 234 g/mol. The Kier molecular flexibility index (Phi) is 2.27. The van der Waals surface area contributed by atoms with E-state index in [-0.39, 0.29) is 0 Å². The number of thiazole rings is 1. The van der Waals surface area contributed by atoms with Crippen molar-refractivity contribution in [2.24, 2.45) is 5.73 Å². The summed E-state index contributed by atoms with van der Waals surface area (Å²) in [5.41, 5.74) is 9.61. The number of aryl methyl sites for hydroxylation is 2. The van der Waals surface area contributed by atoms with Gasteiger partial charge in [-0.15, -0.1) is 11.3 Å². The van der Waals surface area contributed by atoms with E-state index < -0.39 is 0 Å². The Hall–Kier alpha value is -1.66. The molecule has 3 rings (SSSR count). The second-order valence-electron chi connectivity index (χ2n) is 4.02. The third-order valence-corrected chi connectivity index (χ3v) is 3.64. The van der Waals surface area contributed by atoms with E-state index in [0.29, 0.717) is 6.54 Å². The number of rotatable bonds is 2. The van der Waals surface area contributed by atoms with Crippen LogP contribution in [0, 0.1) is 13.8 Å². The van der Waals surface area contributed by atoms with Crippen molar-refractivity contribution in [2.75, 3.05) is 0 Å². The van der Waals surface area contributed by atoms with Gasteiger partial charge in [-0.25, -0.2) is 9.97 Å². The lowest BCUT2D eigenvalue weighted by Gasteiger charge is -1.93. The summed E-state index contributed by atoms with van der Waals surface area (Å²) in [5.74, 6) is 0.861. The second-order valence-corrected chi connectivity index (χ2v) is 4.88. The fraction of sp³-hybridized carbons (Fsp3) is 0.273. The minimum Gasteiger partial charge on any atom is -0.328 e. The van der Waals surface area contributed by atoms with Gasteiger partial charge in [0.05, 0.1) is 11.4 Å². The molecule has 3 heterocycles. The van der Waals surface area contributed by atoms with E-state index >= 15 is 0 Å².